The molecule has 0 fully saturated rings. The van der Waals surface area contributed by atoms with Crippen LogP contribution in [0.3, 0.4) is 0 Å². The number of hydrogen-bond acceptors (Lipinski definition) is 2. The Morgan fingerprint density at radius 2 is 1.89 bits per heavy atom. The average Bonchev–Trinajstić information content (AvgIpc) is 2.25. The topological polar surface area (TPSA) is 26.3 Å². The molecule has 1 unspecified atom stereocenters. The lowest BCUT2D eigenvalue weighted by Gasteiger charge is -2.21. The monoisotopic (exact) mass is 254 g/mol. The third-order valence-electron chi connectivity index (χ3n) is 2.15. The zero-order chi connectivity index (χ0) is 13.9. The van der Waals surface area contributed by atoms with Crippen LogP contribution in [0.4, 0.5) is 8.78 Å². The fraction of sp³-hybridized carbons (Fsp3) is 0.357. The summed E-state index contributed by atoms with van der Waals surface area (Å²) in [6, 6.07) is 5.34. The summed E-state index contributed by atoms with van der Waals surface area (Å²) in [5.41, 5.74) is -1.36. The van der Waals surface area contributed by atoms with Gasteiger partial charge < -0.3 is 4.74 Å². The normalized spacial score (nSPS) is 12.9. The molecule has 0 amide bonds. The number of carbonyl (C=O) groups excluding carboxylic acids is 1. The molecular formula is C14H16F2O2. The third-order valence-corrected chi connectivity index (χ3v) is 2.15. The first-order valence-electron chi connectivity index (χ1n) is 5.53. The number of alkyl halides is 1. The molecule has 18 heavy (non-hydrogen) atoms. The van der Waals surface area contributed by atoms with E-state index >= 15 is 0 Å². The standard InChI is InChI=1S/C14H16F2O2/c1-9(13(17)18-14(2,3)4)12(16)10-7-5-6-8-11(10)15/h5-8,12H,1H2,2-4H3. The Morgan fingerprint density at radius 1 is 1.33 bits per heavy atom. The summed E-state index contributed by atoms with van der Waals surface area (Å²) in [5.74, 6) is -1.58. The summed E-state index contributed by atoms with van der Waals surface area (Å²) < 4.78 is 32.3. The van der Waals surface area contributed by atoms with Crippen LogP contribution in [0.25, 0.3) is 0 Å². The van der Waals surface area contributed by atoms with Gasteiger partial charge in [0, 0.05) is 5.56 Å². The highest BCUT2D eigenvalue weighted by atomic mass is 19.1. The Morgan fingerprint density at radius 3 is 2.39 bits per heavy atom. The predicted molar refractivity (Wildman–Crippen MR) is 65.2 cm³/mol. The van der Waals surface area contributed by atoms with Crippen molar-refractivity contribution in [3.63, 3.8) is 0 Å². The van der Waals surface area contributed by atoms with E-state index in [1.54, 1.807) is 20.8 Å². The van der Waals surface area contributed by atoms with Crippen LogP contribution >= 0.6 is 0 Å². The first-order chi connectivity index (χ1) is 8.22. The van der Waals surface area contributed by atoms with Crippen LogP contribution in [-0.2, 0) is 9.53 Å². The Labute approximate surface area is 105 Å². The molecule has 0 N–H and O–H groups in total. The molecule has 2 nitrogen and oxygen atoms in total. The maximum Gasteiger partial charge on any atom is 0.337 e. The number of esters is 1. The van der Waals surface area contributed by atoms with E-state index < -0.39 is 29.1 Å². The Kier molecular flexibility index (Phi) is 4.22. The Hall–Kier alpha value is -1.71. The van der Waals surface area contributed by atoms with Crippen LogP contribution in [0, 0.1) is 5.82 Å². The molecule has 1 rings (SSSR count). The van der Waals surface area contributed by atoms with Gasteiger partial charge >= 0.3 is 5.97 Å². The van der Waals surface area contributed by atoms with E-state index in [4.69, 9.17) is 4.74 Å². The van der Waals surface area contributed by atoms with Gasteiger partial charge in [0.15, 0.2) is 6.17 Å². The van der Waals surface area contributed by atoms with Crippen LogP contribution < -0.4 is 0 Å². The molecule has 0 bridgehead atoms. The highest BCUT2D eigenvalue weighted by Crippen LogP contribution is 2.28. The van der Waals surface area contributed by atoms with Crippen LogP contribution in [-0.4, -0.2) is 11.6 Å². The summed E-state index contributed by atoms with van der Waals surface area (Å²) in [5, 5.41) is 0. The van der Waals surface area contributed by atoms with Crippen molar-refractivity contribution in [3.05, 3.63) is 47.8 Å². The summed E-state index contributed by atoms with van der Waals surface area (Å²) in [6.45, 7) is 8.32. The van der Waals surface area contributed by atoms with Crippen molar-refractivity contribution in [2.45, 2.75) is 32.5 Å². The van der Waals surface area contributed by atoms with Crippen molar-refractivity contribution in [2.75, 3.05) is 0 Å². The molecule has 0 heterocycles. The van der Waals surface area contributed by atoms with Crippen LogP contribution in [0.15, 0.2) is 36.4 Å². The Bertz CT molecular complexity index is 461. The van der Waals surface area contributed by atoms with Gasteiger partial charge in [-0.3, -0.25) is 0 Å². The van der Waals surface area contributed by atoms with Crippen molar-refractivity contribution in [3.8, 4) is 0 Å². The highest BCUT2D eigenvalue weighted by molar-refractivity contribution is 5.89. The van der Waals surface area contributed by atoms with E-state index in [0.29, 0.717) is 0 Å². The molecule has 0 saturated carbocycles. The molecule has 0 aliphatic heterocycles. The molecule has 1 aromatic rings. The molecule has 1 atom stereocenters. The van der Waals surface area contributed by atoms with Gasteiger partial charge in [-0.25, -0.2) is 13.6 Å². The minimum Gasteiger partial charge on any atom is -0.457 e. The lowest BCUT2D eigenvalue weighted by atomic mass is 10.0. The molecule has 0 saturated heterocycles. The quantitative estimate of drug-likeness (QED) is 0.606. The Balaban J connectivity index is 2.85. The van der Waals surface area contributed by atoms with Gasteiger partial charge in [0.2, 0.25) is 0 Å². The predicted octanol–water partition coefficient (Wildman–Crippen LogP) is 3.73. The molecule has 0 aliphatic rings. The van der Waals surface area contributed by atoms with E-state index in [9.17, 15) is 13.6 Å². The maximum absolute atomic E-state index is 14.0. The number of benzene rings is 1. The average molecular weight is 254 g/mol. The molecular weight excluding hydrogens is 238 g/mol. The van der Waals surface area contributed by atoms with Crippen LogP contribution in [0.1, 0.15) is 32.5 Å². The summed E-state index contributed by atoms with van der Waals surface area (Å²) in [7, 11) is 0. The van der Waals surface area contributed by atoms with Gasteiger partial charge in [0.05, 0.1) is 5.57 Å². The van der Waals surface area contributed by atoms with Crippen molar-refractivity contribution in [2.24, 2.45) is 0 Å². The van der Waals surface area contributed by atoms with Gasteiger partial charge in [0.1, 0.15) is 11.4 Å². The number of halogens is 2. The fourth-order valence-electron chi connectivity index (χ4n) is 1.32. The van der Waals surface area contributed by atoms with Gasteiger partial charge in [0.25, 0.3) is 0 Å². The lowest BCUT2D eigenvalue weighted by molar-refractivity contribution is -0.150. The van der Waals surface area contributed by atoms with Gasteiger partial charge in [-0.2, -0.15) is 0 Å². The summed E-state index contributed by atoms with van der Waals surface area (Å²) >= 11 is 0. The summed E-state index contributed by atoms with van der Waals surface area (Å²) in [6.07, 6.45) is -1.90. The first kappa shape index (κ1) is 14.4. The van der Waals surface area contributed by atoms with Crippen LogP contribution in [0.5, 0.6) is 0 Å². The zero-order valence-electron chi connectivity index (χ0n) is 10.7. The van der Waals surface area contributed by atoms with Gasteiger partial charge in [-0.1, -0.05) is 24.8 Å². The van der Waals surface area contributed by atoms with E-state index in [-0.39, 0.29) is 5.56 Å². The number of carbonyl (C=O) groups is 1. The van der Waals surface area contributed by atoms with Crippen molar-refractivity contribution < 1.29 is 18.3 Å². The van der Waals surface area contributed by atoms with E-state index in [2.05, 4.69) is 6.58 Å². The highest BCUT2D eigenvalue weighted by Gasteiger charge is 2.27. The minimum absolute atomic E-state index is 0.214. The lowest BCUT2D eigenvalue weighted by Crippen LogP contribution is -2.25. The van der Waals surface area contributed by atoms with Gasteiger partial charge in [-0.15, -0.1) is 0 Å². The van der Waals surface area contributed by atoms with Gasteiger partial charge in [-0.05, 0) is 26.8 Å². The van der Waals surface area contributed by atoms with Crippen LogP contribution in [0.2, 0.25) is 0 Å². The first-order valence-corrected chi connectivity index (χ1v) is 5.53. The molecule has 1 aromatic carbocycles. The molecule has 0 radical (unpaired) electrons. The van der Waals surface area contributed by atoms with Crippen molar-refractivity contribution in [1.29, 1.82) is 0 Å². The second-order valence-electron chi connectivity index (χ2n) is 4.91. The minimum atomic E-state index is -1.90. The summed E-state index contributed by atoms with van der Waals surface area (Å²) in [4.78, 5) is 11.6. The smallest absolute Gasteiger partial charge is 0.337 e. The zero-order valence-corrected chi connectivity index (χ0v) is 10.7. The third kappa shape index (κ3) is 3.65. The van der Waals surface area contributed by atoms with Crippen molar-refractivity contribution in [1.82, 2.24) is 0 Å². The second-order valence-corrected chi connectivity index (χ2v) is 4.91. The number of hydrogen-bond donors (Lipinski definition) is 0. The maximum atomic E-state index is 14.0. The molecule has 0 aliphatic carbocycles. The van der Waals surface area contributed by atoms with E-state index in [0.717, 1.165) is 6.07 Å². The molecule has 4 heteroatoms. The van der Waals surface area contributed by atoms with E-state index in [1.807, 2.05) is 0 Å². The second kappa shape index (κ2) is 5.29. The number of ether oxygens (including phenoxy) is 1. The molecule has 0 aromatic heterocycles. The van der Waals surface area contributed by atoms with Crippen molar-refractivity contribution >= 4 is 5.97 Å². The molecule has 0 spiro atoms. The fourth-order valence-corrected chi connectivity index (χ4v) is 1.32. The SMILES string of the molecule is C=C(C(=O)OC(C)(C)C)C(F)c1ccccc1F. The van der Waals surface area contributed by atoms with E-state index in [1.165, 1.54) is 18.2 Å². The largest absolute Gasteiger partial charge is 0.457 e. The molecule has 98 valence electrons. The number of rotatable bonds is 3.